The van der Waals surface area contributed by atoms with E-state index in [1.54, 1.807) is 31.4 Å². The van der Waals surface area contributed by atoms with Crippen molar-refractivity contribution in [2.75, 3.05) is 33.4 Å². The molecular formula is C18H24N4O5S. The molecule has 0 radical (unpaired) electrons. The number of methoxy groups -OCH3 is 1. The van der Waals surface area contributed by atoms with Gasteiger partial charge >= 0.3 is 0 Å². The standard InChI is InChI=1S/C18H24N4O5S/c1-13(23)22(27-17-7-8-18(28)21-20-17)10-9-19-11-14(24)12-26-16-6-4-3-5-15(16)25-2/h3-8,14,19,24H,9-12H2,1-2H3,(H,21,28). The molecule has 1 atom stereocenters. The number of nitrogens with zero attached hydrogens (tertiary/aromatic N) is 2. The number of hydrogen-bond donors (Lipinski definition) is 3. The van der Waals surface area contributed by atoms with Crippen molar-refractivity contribution in [3.8, 4) is 17.4 Å². The maximum absolute atomic E-state index is 11.7. The number of H-pyrrole nitrogens is 1. The number of benzene rings is 1. The van der Waals surface area contributed by atoms with Gasteiger partial charge in [0.25, 0.3) is 11.8 Å². The summed E-state index contributed by atoms with van der Waals surface area (Å²) in [6.45, 7) is 2.47. The zero-order chi connectivity index (χ0) is 20.4. The largest absolute Gasteiger partial charge is 0.493 e. The topological polar surface area (TPSA) is 109 Å². The minimum absolute atomic E-state index is 0.105. The van der Waals surface area contributed by atoms with E-state index < -0.39 is 6.10 Å². The van der Waals surface area contributed by atoms with Gasteiger partial charge in [0.1, 0.15) is 17.4 Å². The van der Waals surface area contributed by atoms with Crippen molar-refractivity contribution in [2.24, 2.45) is 0 Å². The second-order valence-corrected chi connectivity index (χ2v) is 6.23. The number of aromatic nitrogens is 2. The van der Waals surface area contributed by atoms with Crippen LogP contribution in [-0.2, 0) is 4.79 Å². The predicted molar refractivity (Wildman–Crippen MR) is 105 cm³/mol. The monoisotopic (exact) mass is 408 g/mol. The number of hydrogen-bond acceptors (Lipinski definition) is 8. The van der Waals surface area contributed by atoms with E-state index in [1.807, 2.05) is 12.1 Å². The third-order valence-electron chi connectivity index (χ3n) is 3.58. The van der Waals surface area contributed by atoms with Crippen molar-refractivity contribution in [1.29, 1.82) is 0 Å². The highest BCUT2D eigenvalue weighted by atomic mass is 32.1. The molecule has 2 aromatic rings. The Morgan fingerprint density at radius 1 is 1.32 bits per heavy atom. The molecule has 0 saturated carbocycles. The first-order chi connectivity index (χ1) is 13.5. The maximum atomic E-state index is 11.7. The van der Waals surface area contributed by atoms with E-state index in [4.69, 9.17) is 26.5 Å². The molecule has 1 aromatic heterocycles. The Morgan fingerprint density at radius 2 is 2.07 bits per heavy atom. The van der Waals surface area contributed by atoms with Gasteiger partial charge in [-0.25, -0.2) is 0 Å². The van der Waals surface area contributed by atoms with Gasteiger partial charge in [0.05, 0.1) is 13.7 Å². The molecule has 0 aliphatic heterocycles. The molecule has 1 amide bonds. The number of carbonyl (C=O) groups is 1. The van der Waals surface area contributed by atoms with Crippen LogP contribution in [0.4, 0.5) is 0 Å². The number of carbonyl (C=O) groups excluding carboxylic acids is 1. The fourth-order valence-corrected chi connectivity index (χ4v) is 2.31. The number of aliphatic hydroxyl groups is 1. The Kier molecular flexibility index (Phi) is 8.66. The van der Waals surface area contributed by atoms with Crippen LogP contribution in [0.25, 0.3) is 0 Å². The lowest BCUT2D eigenvalue weighted by Gasteiger charge is -2.20. The molecule has 1 aromatic carbocycles. The highest BCUT2D eigenvalue weighted by molar-refractivity contribution is 7.71. The van der Waals surface area contributed by atoms with Crippen LogP contribution < -0.4 is 19.6 Å². The summed E-state index contributed by atoms with van der Waals surface area (Å²) in [5, 5.41) is 20.8. The summed E-state index contributed by atoms with van der Waals surface area (Å²) < 4.78 is 11.2. The number of para-hydroxylation sites is 2. The summed E-state index contributed by atoms with van der Waals surface area (Å²) in [4.78, 5) is 17.1. The number of aromatic amines is 1. The number of rotatable bonds is 11. The van der Waals surface area contributed by atoms with Crippen LogP contribution in [0.15, 0.2) is 36.4 Å². The molecule has 0 bridgehead atoms. The molecular weight excluding hydrogens is 384 g/mol. The third kappa shape index (κ3) is 7.14. The van der Waals surface area contributed by atoms with Gasteiger partial charge in [-0.1, -0.05) is 24.4 Å². The molecule has 3 N–H and O–H groups in total. The van der Waals surface area contributed by atoms with E-state index in [0.717, 1.165) is 0 Å². The van der Waals surface area contributed by atoms with Gasteiger partial charge < -0.3 is 24.7 Å². The van der Waals surface area contributed by atoms with Crippen molar-refractivity contribution < 1.29 is 24.2 Å². The number of ether oxygens (including phenoxy) is 2. The summed E-state index contributed by atoms with van der Waals surface area (Å²) in [7, 11) is 1.56. The van der Waals surface area contributed by atoms with Crippen molar-refractivity contribution in [3.63, 3.8) is 0 Å². The minimum Gasteiger partial charge on any atom is -0.493 e. The zero-order valence-electron chi connectivity index (χ0n) is 15.8. The first kappa shape index (κ1) is 21.6. The smallest absolute Gasteiger partial charge is 0.262 e. The Hall–Kier alpha value is -2.69. The Labute approximate surface area is 168 Å². The summed E-state index contributed by atoms with van der Waals surface area (Å²) in [6.07, 6.45) is -0.729. The number of aliphatic hydroxyl groups excluding tert-OH is 1. The lowest BCUT2D eigenvalue weighted by atomic mass is 10.3. The molecule has 2 rings (SSSR count). The molecule has 28 heavy (non-hydrogen) atoms. The molecule has 0 fully saturated rings. The SMILES string of the molecule is COc1ccccc1OCC(O)CNCCN(Oc1ccc(=S)[nH]n1)C(C)=O. The van der Waals surface area contributed by atoms with E-state index in [2.05, 4.69) is 15.5 Å². The van der Waals surface area contributed by atoms with E-state index >= 15 is 0 Å². The Balaban J connectivity index is 1.71. The molecule has 10 heteroatoms. The van der Waals surface area contributed by atoms with Crippen LogP contribution in [0.2, 0.25) is 0 Å². The normalized spacial score (nSPS) is 11.5. The zero-order valence-corrected chi connectivity index (χ0v) is 16.6. The molecule has 0 aliphatic rings. The second kappa shape index (κ2) is 11.2. The van der Waals surface area contributed by atoms with E-state index in [-0.39, 0.29) is 31.5 Å². The van der Waals surface area contributed by atoms with Crippen LogP contribution in [0.3, 0.4) is 0 Å². The molecule has 1 heterocycles. The van der Waals surface area contributed by atoms with Crippen molar-refractivity contribution in [1.82, 2.24) is 20.6 Å². The summed E-state index contributed by atoms with van der Waals surface area (Å²) in [5.74, 6) is 1.13. The van der Waals surface area contributed by atoms with Crippen LogP contribution in [0.5, 0.6) is 17.4 Å². The molecule has 0 spiro atoms. The van der Waals surface area contributed by atoms with Gasteiger partial charge in [0.2, 0.25) is 0 Å². The number of nitrogens with one attached hydrogen (secondary N) is 2. The summed E-state index contributed by atoms with van der Waals surface area (Å²) in [6, 6.07) is 10.4. The average molecular weight is 408 g/mol. The average Bonchev–Trinajstić information content (AvgIpc) is 2.70. The van der Waals surface area contributed by atoms with Crippen LogP contribution in [0.1, 0.15) is 6.92 Å². The third-order valence-corrected chi connectivity index (χ3v) is 3.81. The Morgan fingerprint density at radius 3 is 2.71 bits per heavy atom. The predicted octanol–water partition coefficient (Wildman–Crippen LogP) is 1.32. The van der Waals surface area contributed by atoms with E-state index in [9.17, 15) is 9.90 Å². The van der Waals surface area contributed by atoms with Gasteiger partial charge in [0, 0.05) is 26.1 Å². The lowest BCUT2D eigenvalue weighted by Crippen LogP contribution is -2.40. The lowest BCUT2D eigenvalue weighted by molar-refractivity contribution is -0.155. The van der Waals surface area contributed by atoms with Gasteiger partial charge in [-0.3, -0.25) is 9.89 Å². The number of amides is 1. The van der Waals surface area contributed by atoms with Crippen molar-refractivity contribution in [3.05, 3.63) is 41.0 Å². The van der Waals surface area contributed by atoms with E-state index in [0.29, 0.717) is 22.7 Å². The maximum Gasteiger partial charge on any atom is 0.262 e. The van der Waals surface area contributed by atoms with Crippen LogP contribution >= 0.6 is 12.2 Å². The van der Waals surface area contributed by atoms with Crippen LogP contribution in [0, 0.1) is 4.64 Å². The molecule has 0 aliphatic carbocycles. The van der Waals surface area contributed by atoms with Crippen molar-refractivity contribution >= 4 is 18.1 Å². The molecule has 0 saturated heterocycles. The molecule has 152 valence electrons. The van der Waals surface area contributed by atoms with Crippen LogP contribution in [-0.4, -0.2) is 65.7 Å². The molecule has 9 nitrogen and oxygen atoms in total. The first-order valence-electron chi connectivity index (χ1n) is 8.66. The number of hydroxylamine groups is 2. The van der Waals surface area contributed by atoms with Gasteiger partial charge in [0.15, 0.2) is 11.5 Å². The summed E-state index contributed by atoms with van der Waals surface area (Å²) >= 11 is 4.91. The van der Waals surface area contributed by atoms with Gasteiger partial charge in [-0.2, -0.15) is 5.06 Å². The second-order valence-electron chi connectivity index (χ2n) is 5.79. The van der Waals surface area contributed by atoms with E-state index in [1.165, 1.54) is 12.0 Å². The highest BCUT2D eigenvalue weighted by Crippen LogP contribution is 2.25. The highest BCUT2D eigenvalue weighted by Gasteiger charge is 2.13. The Bertz CT molecular complexity index is 796. The van der Waals surface area contributed by atoms with Gasteiger partial charge in [-0.15, -0.1) is 5.10 Å². The fourth-order valence-electron chi connectivity index (χ4n) is 2.20. The van der Waals surface area contributed by atoms with Gasteiger partial charge in [-0.05, 0) is 18.2 Å². The minimum atomic E-state index is -0.729. The first-order valence-corrected chi connectivity index (χ1v) is 9.07. The summed E-state index contributed by atoms with van der Waals surface area (Å²) in [5.41, 5.74) is 0. The quantitative estimate of drug-likeness (QED) is 0.290. The fraction of sp³-hybridized carbons (Fsp3) is 0.389. The molecule has 1 unspecified atom stereocenters. The van der Waals surface area contributed by atoms with Crippen molar-refractivity contribution in [2.45, 2.75) is 13.0 Å².